The number of alkyl halides is 3. The average Bonchev–Trinajstić information content (AvgIpc) is 2.91. The minimum atomic E-state index is -5.08. The number of aryl methyl sites for hydroxylation is 2. The lowest BCUT2D eigenvalue weighted by molar-refractivity contribution is -0.192. The Morgan fingerprint density at radius 3 is 2.41 bits per heavy atom. The van der Waals surface area contributed by atoms with Crippen molar-refractivity contribution >= 4 is 11.9 Å². The fourth-order valence-electron chi connectivity index (χ4n) is 4.62. The number of halogens is 3. The van der Waals surface area contributed by atoms with Crippen molar-refractivity contribution in [3.05, 3.63) is 76.6 Å². The Kier molecular flexibility index (Phi) is 10.8. The molecule has 2 heterocycles. The van der Waals surface area contributed by atoms with Crippen LogP contribution >= 0.6 is 0 Å². The second-order valence-electron chi connectivity index (χ2n) is 10.0. The Balaban J connectivity index is 0.000000587. The smallest absolute Gasteiger partial charge is 0.489 e. The van der Waals surface area contributed by atoms with Crippen LogP contribution in [0.2, 0.25) is 0 Å². The number of aliphatic carboxylic acids is 2. The Morgan fingerprint density at radius 1 is 1.12 bits per heavy atom. The van der Waals surface area contributed by atoms with Crippen LogP contribution in [0.1, 0.15) is 48.2 Å². The first-order valence-corrected chi connectivity index (χ1v) is 13.3. The van der Waals surface area contributed by atoms with E-state index < -0.39 is 18.1 Å². The van der Waals surface area contributed by atoms with Gasteiger partial charge in [-0.15, -0.1) is 0 Å². The lowest BCUT2D eigenvalue weighted by Crippen LogP contribution is -2.35. The lowest BCUT2D eigenvalue weighted by atomic mass is 10.0. The summed E-state index contributed by atoms with van der Waals surface area (Å²) in [4.78, 5) is 31.6. The van der Waals surface area contributed by atoms with Crippen molar-refractivity contribution in [3.63, 3.8) is 0 Å². The van der Waals surface area contributed by atoms with Gasteiger partial charge >= 0.3 is 18.1 Å². The van der Waals surface area contributed by atoms with E-state index in [0.29, 0.717) is 6.61 Å². The van der Waals surface area contributed by atoms with Gasteiger partial charge in [-0.05, 0) is 54.2 Å². The number of aromatic nitrogens is 2. The van der Waals surface area contributed by atoms with E-state index in [-0.39, 0.29) is 12.3 Å². The summed E-state index contributed by atoms with van der Waals surface area (Å²) in [6.45, 7) is 9.19. The molecule has 1 aliphatic rings. The maximum atomic E-state index is 10.9. The van der Waals surface area contributed by atoms with Gasteiger partial charge in [0.2, 0.25) is 0 Å². The molecular weight excluding hydrogens is 539 g/mol. The molecule has 0 aliphatic carbocycles. The van der Waals surface area contributed by atoms with E-state index in [1.807, 2.05) is 25.3 Å². The summed E-state index contributed by atoms with van der Waals surface area (Å²) in [5.41, 5.74) is 6.79. The molecule has 0 fully saturated rings. The average molecular weight is 574 g/mol. The molecule has 41 heavy (non-hydrogen) atoms. The molecule has 8 nitrogen and oxygen atoms in total. The molecule has 0 saturated carbocycles. The van der Waals surface area contributed by atoms with Crippen molar-refractivity contribution in [2.45, 2.75) is 59.4 Å². The van der Waals surface area contributed by atoms with E-state index in [4.69, 9.17) is 24.7 Å². The van der Waals surface area contributed by atoms with Crippen LogP contribution in [0.4, 0.5) is 13.2 Å². The van der Waals surface area contributed by atoms with Gasteiger partial charge in [-0.1, -0.05) is 38.1 Å². The number of carboxylic acid groups (broad SMARTS) is 2. The van der Waals surface area contributed by atoms with Gasteiger partial charge in [-0.25, -0.2) is 14.8 Å². The number of carboxylic acids is 2. The standard InChI is InChI=1S/C28H33N3O3.C2HF3O2/c1-4-21-7-5-6-8-23(21)18-34-26-10-9-22(14-20(26)3)28-29-15-24-17-31(12-11-25(24)30-28)16-19(2)13-27(32)33;3-2(4,5)1(6)7/h5-10,14-15,19H,4,11-13,16-18H2,1-3H3,(H,32,33);(H,6,7). The number of nitrogens with zero attached hydrogens (tertiary/aromatic N) is 3. The minimum absolute atomic E-state index is 0.124. The van der Waals surface area contributed by atoms with E-state index in [9.17, 15) is 18.0 Å². The largest absolute Gasteiger partial charge is 0.490 e. The predicted octanol–water partition coefficient (Wildman–Crippen LogP) is 5.70. The van der Waals surface area contributed by atoms with Crippen LogP contribution in [-0.4, -0.2) is 56.3 Å². The highest BCUT2D eigenvalue weighted by molar-refractivity contribution is 5.73. The van der Waals surface area contributed by atoms with Crippen LogP contribution in [0.3, 0.4) is 0 Å². The Hall–Kier alpha value is -3.99. The summed E-state index contributed by atoms with van der Waals surface area (Å²) in [5, 5.41) is 16.1. The molecular formula is C30H34F3N3O5. The van der Waals surface area contributed by atoms with Gasteiger partial charge in [0.25, 0.3) is 0 Å². The Morgan fingerprint density at radius 2 is 1.80 bits per heavy atom. The molecule has 4 rings (SSSR count). The van der Waals surface area contributed by atoms with Gasteiger partial charge in [-0.3, -0.25) is 9.69 Å². The maximum Gasteiger partial charge on any atom is 0.490 e. The number of ether oxygens (including phenoxy) is 1. The van der Waals surface area contributed by atoms with Crippen molar-refractivity contribution in [1.29, 1.82) is 0 Å². The fraction of sp³-hybridized carbons (Fsp3) is 0.400. The van der Waals surface area contributed by atoms with Crippen molar-refractivity contribution in [1.82, 2.24) is 14.9 Å². The highest BCUT2D eigenvalue weighted by Gasteiger charge is 2.38. The molecule has 0 radical (unpaired) electrons. The third-order valence-electron chi connectivity index (χ3n) is 6.66. The van der Waals surface area contributed by atoms with Crippen LogP contribution in [0.5, 0.6) is 5.75 Å². The number of rotatable bonds is 9. The zero-order valence-corrected chi connectivity index (χ0v) is 23.2. The van der Waals surface area contributed by atoms with Gasteiger partial charge in [0, 0.05) is 49.8 Å². The number of hydrogen-bond acceptors (Lipinski definition) is 6. The van der Waals surface area contributed by atoms with E-state index in [0.717, 1.165) is 66.4 Å². The summed E-state index contributed by atoms with van der Waals surface area (Å²) in [6, 6.07) is 14.5. The molecule has 2 aromatic carbocycles. The first-order chi connectivity index (χ1) is 19.4. The second-order valence-corrected chi connectivity index (χ2v) is 10.0. The highest BCUT2D eigenvalue weighted by Crippen LogP contribution is 2.27. The van der Waals surface area contributed by atoms with Crippen LogP contribution in [-0.2, 0) is 35.6 Å². The van der Waals surface area contributed by atoms with Crippen molar-refractivity contribution < 1.29 is 37.7 Å². The zero-order chi connectivity index (χ0) is 30.2. The number of hydrogen-bond donors (Lipinski definition) is 2. The summed E-state index contributed by atoms with van der Waals surface area (Å²) in [6.07, 6.45) is -1.12. The molecule has 1 aliphatic heterocycles. The normalized spacial score (nSPS) is 13.9. The summed E-state index contributed by atoms with van der Waals surface area (Å²) < 4.78 is 37.9. The van der Waals surface area contributed by atoms with Gasteiger partial charge in [0.15, 0.2) is 5.82 Å². The lowest BCUT2D eigenvalue weighted by Gasteiger charge is -2.29. The SMILES string of the molecule is CCc1ccccc1COc1ccc(-c2ncc3c(n2)CCN(CC(C)CC(=O)O)C3)cc1C.O=C(O)C(F)(F)F. The van der Waals surface area contributed by atoms with Crippen molar-refractivity contribution in [2.75, 3.05) is 13.1 Å². The van der Waals surface area contributed by atoms with Gasteiger partial charge in [-0.2, -0.15) is 13.2 Å². The van der Waals surface area contributed by atoms with Gasteiger partial charge in [0.1, 0.15) is 12.4 Å². The molecule has 0 spiro atoms. The van der Waals surface area contributed by atoms with Crippen LogP contribution < -0.4 is 4.74 Å². The first kappa shape index (κ1) is 31.5. The quantitative estimate of drug-likeness (QED) is 0.336. The first-order valence-electron chi connectivity index (χ1n) is 13.3. The number of fused-ring (bicyclic) bond motifs is 1. The van der Waals surface area contributed by atoms with Crippen LogP contribution in [0.15, 0.2) is 48.7 Å². The van der Waals surface area contributed by atoms with E-state index in [1.165, 1.54) is 11.1 Å². The molecule has 2 N–H and O–H groups in total. The molecule has 3 aromatic rings. The zero-order valence-electron chi connectivity index (χ0n) is 23.2. The fourth-order valence-corrected chi connectivity index (χ4v) is 4.62. The van der Waals surface area contributed by atoms with E-state index in [1.54, 1.807) is 0 Å². The van der Waals surface area contributed by atoms with E-state index >= 15 is 0 Å². The molecule has 0 bridgehead atoms. The van der Waals surface area contributed by atoms with Crippen molar-refractivity contribution in [3.8, 4) is 17.1 Å². The molecule has 0 saturated heterocycles. The third kappa shape index (κ3) is 9.28. The van der Waals surface area contributed by atoms with Gasteiger partial charge < -0.3 is 14.9 Å². The van der Waals surface area contributed by atoms with E-state index in [2.05, 4.69) is 54.1 Å². The number of benzene rings is 2. The summed E-state index contributed by atoms with van der Waals surface area (Å²) in [7, 11) is 0. The predicted molar refractivity (Wildman–Crippen MR) is 146 cm³/mol. The highest BCUT2D eigenvalue weighted by atomic mass is 19.4. The van der Waals surface area contributed by atoms with Crippen molar-refractivity contribution in [2.24, 2.45) is 5.92 Å². The second kappa shape index (κ2) is 14.1. The molecule has 1 atom stereocenters. The Labute approximate surface area is 236 Å². The molecule has 11 heteroatoms. The third-order valence-corrected chi connectivity index (χ3v) is 6.66. The molecule has 1 aromatic heterocycles. The monoisotopic (exact) mass is 573 g/mol. The van der Waals surface area contributed by atoms with Crippen LogP contribution in [0.25, 0.3) is 11.4 Å². The molecule has 0 amide bonds. The Bertz CT molecular complexity index is 1360. The summed E-state index contributed by atoms with van der Waals surface area (Å²) >= 11 is 0. The molecule has 1 unspecified atom stereocenters. The maximum absolute atomic E-state index is 10.9. The topological polar surface area (TPSA) is 113 Å². The molecule has 220 valence electrons. The minimum Gasteiger partial charge on any atom is -0.489 e. The number of carbonyl (C=O) groups is 2. The van der Waals surface area contributed by atoms with Crippen LogP contribution in [0, 0.1) is 12.8 Å². The van der Waals surface area contributed by atoms with Gasteiger partial charge in [0.05, 0.1) is 5.69 Å². The summed E-state index contributed by atoms with van der Waals surface area (Å²) in [5.74, 6) is -1.77.